The zero-order chi connectivity index (χ0) is 61.8. The Morgan fingerprint density at radius 1 is 0.138 bits per heavy atom. The van der Waals surface area contributed by atoms with Crippen LogP contribution in [0.25, 0.3) is 177 Å². The van der Waals surface area contributed by atoms with Crippen LogP contribution in [0.5, 0.6) is 0 Å². The van der Waals surface area contributed by atoms with Crippen LogP contribution < -0.4 is 0 Å². The largest absolute Gasteiger partial charge is 0.294 e. The summed E-state index contributed by atoms with van der Waals surface area (Å²) in [6, 6.07) is 124. The van der Waals surface area contributed by atoms with E-state index in [9.17, 15) is 0 Å². The van der Waals surface area contributed by atoms with Gasteiger partial charge in [0.25, 0.3) is 0 Å². The number of hydrogen-bond acceptors (Lipinski definition) is 2. The molecule has 0 fully saturated rings. The minimum atomic E-state index is 0.845. The molecule has 6 nitrogen and oxygen atoms in total. The Morgan fingerprint density at radius 2 is 0.298 bits per heavy atom. The topological polar surface area (TPSA) is 45.5 Å². The van der Waals surface area contributed by atoms with E-state index in [4.69, 9.17) is 9.97 Å². The Hall–Kier alpha value is -12.6. The first-order valence-electron chi connectivity index (χ1n) is 32.1. The van der Waals surface area contributed by atoms with Crippen molar-refractivity contribution in [3.63, 3.8) is 0 Å². The fraction of sp³-hybridized carbons (Fsp3) is 0. The van der Waals surface area contributed by atoms with Gasteiger partial charge in [-0.2, -0.15) is 0 Å². The number of rotatable bonds is 10. The van der Waals surface area contributed by atoms with Gasteiger partial charge in [-0.3, -0.25) is 18.3 Å². The molecular formula is C88H56N6. The summed E-state index contributed by atoms with van der Waals surface area (Å²) in [4.78, 5) is 11.4. The Morgan fingerprint density at radius 3 is 0.511 bits per heavy atom. The number of aromatic nitrogens is 6. The van der Waals surface area contributed by atoms with Gasteiger partial charge in [0, 0.05) is 43.1 Å². The maximum Gasteiger partial charge on any atom is 0.140 e. The van der Waals surface area contributed by atoms with E-state index in [0.717, 1.165) is 134 Å². The van der Waals surface area contributed by atoms with Crippen LogP contribution in [0.4, 0.5) is 0 Å². The summed E-state index contributed by atoms with van der Waals surface area (Å²) in [5, 5.41) is 9.52. The summed E-state index contributed by atoms with van der Waals surface area (Å²) < 4.78 is 9.37. The smallest absolute Gasteiger partial charge is 0.140 e. The summed E-state index contributed by atoms with van der Waals surface area (Å²) >= 11 is 0. The van der Waals surface area contributed by atoms with Crippen molar-refractivity contribution in [2.24, 2.45) is 0 Å². The second-order valence-electron chi connectivity index (χ2n) is 24.5. The normalized spacial score (nSPS) is 11.8. The lowest BCUT2D eigenvalue weighted by Gasteiger charge is -2.17. The molecule has 0 bridgehead atoms. The van der Waals surface area contributed by atoms with E-state index in [1.165, 1.54) is 43.1 Å². The highest BCUT2D eigenvalue weighted by atomic mass is 15.1. The summed E-state index contributed by atoms with van der Waals surface area (Å²) in [6.45, 7) is 0. The predicted molar refractivity (Wildman–Crippen MR) is 392 cm³/mol. The van der Waals surface area contributed by atoms with Gasteiger partial charge in [0.1, 0.15) is 23.3 Å². The molecule has 6 aromatic heterocycles. The fourth-order valence-electron chi connectivity index (χ4n) is 14.8. The second-order valence-corrected chi connectivity index (χ2v) is 24.5. The third-order valence-electron chi connectivity index (χ3n) is 19.1. The SMILES string of the molecule is c1ccc(-c2cc(-c3ccc(-c4cc(-c5ccccc5)cc(-c5cc(-n6c7ccccc7c7ccccc76)nc(-n6c7ccccc7c7ccccc76)c5)c4)cc3)cc(-c3cc(-n4c5ccccc5c5ccccc54)nc(-n4c5ccccc5c5ccccc54)c3)c2)cc1. The molecule has 0 saturated carbocycles. The van der Waals surface area contributed by atoms with Crippen molar-refractivity contribution in [1.82, 2.24) is 28.2 Å². The van der Waals surface area contributed by atoms with Gasteiger partial charge >= 0.3 is 0 Å². The zero-order valence-electron chi connectivity index (χ0n) is 51.0. The van der Waals surface area contributed by atoms with Gasteiger partial charge in [0.15, 0.2) is 0 Å². The van der Waals surface area contributed by atoms with Crippen LogP contribution in [0.1, 0.15) is 0 Å². The van der Waals surface area contributed by atoms with Gasteiger partial charge < -0.3 is 0 Å². The molecule has 0 radical (unpaired) electrons. The first-order chi connectivity index (χ1) is 46.6. The van der Waals surface area contributed by atoms with Crippen LogP contribution in [-0.2, 0) is 0 Å². The molecule has 0 spiro atoms. The van der Waals surface area contributed by atoms with Crippen molar-refractivity contribution in [2.45, 2.75) is 0 Å². The van der Waals surface area contributed by atoms with E-state index in [1.54, 1.807) is 0 Å². The van der Waals surface area contributed by atoms with Gasteiger partial charge in [-0.1, -0.05) is 231 Å². The third-order valence-corrected chi connectivity index (χ3v) is 19.1. The van der Waals surface area contributed by atoms with Crippen LogP contribution >= 0.6 is 0 Å². The maximum atomic E-state index is 5.69. The Labute approximate surface area is 542 Å². The molecule has 19 aromatic rings. The number of pyridine rings is 2. The number of para-hydroxylation sites is 8. The standard InChI is InChI=1S/C88H56N6/c1-3-23-57(24-4-1)61-47-63(51-65(49-61)67-53-85(91-77-35-15-7-27-69(77)70-28-8-16-36-78(70)91)89-86(54-67)92-79-37-17-9-29-71(79)72-30-10-18-38-80(72)92)59-43-45-60(46-44-59)64-48-62(58-25-5-2-6-26-58)50-66(52-64)68-55-87(93-81-39-19-11-31-73(81)74-32-12-20-40-82(74)93)90-88(56-68)94-83-41-21-13-33-75(83)76-34-14-22-42-84(76)94/h1-56H. The van der Waals surface area contributed by atoms with Gasteiger partial charge in [-0.15, -0.1) is 0 Å². The summed E-state index contributed by atoms with van der Waals surface area (Å²) in [5.74, 6) is 3.38. The van der Waals surface area contributed by atoms with Crippen molar-refractivity contribution in [3.05, 3.63) is 340 Å². The van der Waals surface area contributed by atoms with Crippen molar-refractivity contribution in [1.29, 1.82) is 0 Å². The molecule has 6 heteroatoms. The molecule has 13 aromatic carbocycles. The Bertz CT molecular complexity index is 5360. The molecule has 94 heavy (non-hydrogen) atoms. The van der Waals surface area contributed by atoms with Crippen molar-refractivity contribution < 1.29 is 0 Å². The van der Waals surface area contributed by atoms with E-state index in [-0.39, 0.29) is 0 Å². The molecule has 0 atom stereocenters. The molecule has 6 heterocycles. The maximum absolute atomic E-state index is 5.69. The lowest BCUT2D eigenvalue weighted by atomic mass is 9.91. The Kier molecular flexibility index (Phi) is 12.2. The van der Waals surface area contributed by atoms with E-state index >= 15 is 0 Å². The van der Waals surface area contributed by atoms with Gasteiger partial charge in [0.05, 0.1) is 44.1 Å². The minimum absolute atomic E-state index is 0.845. The number of fused-ring (bicyclic) bond motifs is 12. The highest BCUT2D eigenvalue weighted by Gasteiger charge is 2.22. The van der Waals surface area contributed by atoms with Gasteiger partial charge in [-0.25, -0.2) is 9.97 Å². The molecular weight excluding hydrogens is 1140 g/mol. The highest BCUT2D eigenvalue weighted by Crippen LogP contribution is 2.43. The molecule has 0 aliphatic heterocycles. The van der Waals surface area contributed by atoms with Crippen LogP contribution in [0.15, 0.2) is 340 Å². The van der Waals surface area contributed by atoms with Gasteiger partial charge in [0.2, 0.25) is 0 Å². The van der Waals surface area contributed by atoms with Crippen LogP contribution in [0.3, 0.4) is 0 Å². The minimum Gasteiger partial charge on any atom is -0.294 e. The van der Waals surface area contributed by atoms with Crippen molar-refractivity contribution >= 4 is 87.2 Å². The predicted octanol–water partition coefficient (Wildman–Crippen LogP) is 22.9. The summed E-state index contributed by atoms with van der Waals surface area (Å²) in [5.41, 5.74) is 22.1. The molecule has 19 rings (SSSR count). The first kappa shape index (κ1) is 53.2. The van der Waals surface area contributed by atoms with Crippen molar-refractivity contribution in [2.75, 3.05) is 0 Å². The molecule has 0 amide bonds. The van der Waals surface area contributed by atoms with E-state index < -0.39 is 0 Å². The van der Waals surface area contributed by atoms with Crippen LogP contribution in [0.2, 0.25) is 0 Å². The number of benzene rings is 13. The van der Waals surface area contributed by atoms with Gasteiger partial charge in [-0.05, 0) is 176 Å². The average Bonchev–Trinajstić information content (AvgIpc) is 1.56. The average molecular weight is 1200 g/mol. The molecule has 438 valence electrons. The highest BCUT2D eigenvalue weighted by molar-refractivity contribution is 6.12. The third kappa shape index (κ3) is 8.65. The lowest BCUT2D eigenvalue weighted by Crippen LogP contribution is -2.04. The first-order valence-corrected chi connectivity index (χ1v) is 32.1. The van der Waals surface area contributed by atoms with Crippen LogP contribution in [-0.4, -0.2) is 28.2 Å². The molecule has 0 N–H and O–H groups in total. The summed E-state index contributed by atoms with van der Waals surface area (Å²) in [7, 11) is 0. The van der Waals surface area contributed by atoms with Crippen molar-refractivity contribution in [3.8, 4) is 90.0 Å². The fourth-order valence-corrected chi connectivity index (χ4v) is 14.8. The molecule has 0 aliphatic carbocycles. The second kappa shape index (κ2) is 21.5. The molecule has 0 aliphatic rings. The molecule has 0 unspecified atom stereocenters. The van der Waals surface area contributed by atoms with E-state index in [0.29, 0.717) is 0 Å². The van der Waals surface area contributed by atoms with E-state index in [2.05, 4.69) is 358 Å². The lowest BCUT2D eigenvalue weighted by molar-refractivity contribution is 1.01. The Balaban J connectivity index is 0.790. The zero-order valence-corrected chi connectivity index (χ0v) is 51.0. The quantitative estimate of drug-likeness (QED) is 0.137. The summed E-state index contributed by atoms with van der Waals surface area (Å²) in [6.07, 6.45) is 0. The molecule has 0 saturated heterocycles. The monoisotopic (exact) mass is 1200 g/mol. The van der Waals surface area contributed by atoms with E-state index in [1.807, 2.05) is 0 Å². The number of hydrogen-bond donors (Lipinski definition) is 0. The number of nitrogens with zero attached hydrogens (tertiary/aromatic N) is 6. The van der Waals surface area contributed by atoms with Crippen LogP contribution in [0, 0.1) is 0 Å².